The zero-order valence-corrected chi connectivity index (χ0v) is 19.6. The Hall–Kier alpha value is -3.35. The number of benzene rings is 2. The lowest BCUT2D eigenvalue weighted by atomic mass is 9.94. The molecule has 3 aliphatic rings. The molecule has 0 radical (unpaired) electrons. The van der Waals surface area contributed by atoms with Crippen LogP contribution in [-0.4, -0.2) is 64.2 Å². The standard InChI is InChI=1S/C27H30N2O5/c1-17(2)23(24(30)31)28-15-13-27(25(28)32)12-7-14-29(27)26(33)34-16-22-20-10-5-3-8-18(20)19-9-4-6-11-21(19)22/h3-6,8-11,17,22-23H,7,12-16H2,1-2H3,(H,30,31)/t23-,27-/m0/s1. The summed E-state index contributed by atoms with van der Waals surface area (Å²) >= 11 is 0. The Balaban J connectivity index is 1.34. The molecule has 2 saturated heterocycles. The summed E-state index contributed by atoms with van der Waals surface area (Å²) in [4.78, 5) is 41.6. The Morgan fingerprint density at radius 3 is 2.24 bits per heavy atom. The molecule has 0 saturated carbocycles. The summed E-state index contributed by atoms with van der Waals surface area (Å²) in [5, 5.41) is 9.69. The number of aliphatic carboxylic acids is 1. The molecule has 2 amide bonds. The molecule has 2 heterocycles. The van der Waals surface area contributed by atoms with Gasteiger partial charge in [-0.05, 0) is 47.4 Å². The molecule has 7 nitrogen and oxygen atoms in total. The van der Waals surface area contributed by atoms with E-state index in [0.29, 0.717) is 32.4 Å². The number of likely N-dealkylation sites (tertiary alicyclic amines) is 2. The molecule has 5 rings (SSSR count). The van der Waals surface area contributed by atoms with Crippen molar-refractivity contribution in [1.82, 2.24) is 9.80 Å². The van der Waals surface area contributed by atoms with Crippen molar-refractivity contribution in [2.24, 2.45) is 5.92 Å². The van der Waals surface area contributed by atoms with Gasteiger partial charge >= 0.3 is 12.1 Å². The first-order chi connectivity index (χ1) is 16.3. The zero-order chi connectivity index (χ0) is 24.0. The molecule has 2 atom stereocenters. The second kappa shape index (κ2) is 8.46. The van der Waals surface area contributed by atoms with E-state index in [4.69, 9.17) is 4.74 Å². The number of nitrogens with zero attached hydrogens (tertiary/aromatic N) is 2. The summed E-state index contributed by atoms with van der Waals surface area (Å²) in [7, 11) is 0. The maximum Gasteiger partial charge on any atom is 0.410 e. The predicted molar refractivity (Wildman–Crippen MR) is 126 cm³/mol. The van der Waals surface area contributed by atoms with Crippen LogP contribution in [0.15, 0.2) is 48.5 Å². The van der Waals surface area contributed by atoms with Crippen LogP contribution in [0.4, 0.5) is 4.79 Å². The van der Waals surface area contributed by atoms with Crippen LogP contribution >= 0.6 is 0 Å². The maximum absolute atomic E-state index is 13.5. The highest BCUT2D eigenvalue weighted by atomic mass is 16.6. The number of carbonyl (C=O) groups is 3. The molecule has 2 fully saturated rings. The van der Waals surface area contributed by atoms with E-state index in [1.165, 1.54) is 4.90 Å². The van der Waals surface area contributed by atoms with Crippen LogP contribution in [0, 0.1) is 5.92 Å². The summed E-state index contributed by atoms with van der Waals surface area (Å²) < 4.78 is 5.85. The Labute approximate surface area is 199 Å². The van der Waals surface area contributed by atoms with Gasteiger partial charge in [-0.15, -0.1) is 0 Å². The van der Waals surface area contributed by atoms with Gasteiger partial charge in [-0.25, -0.2) is 9.59 Å². The van der Waals surface area contributed by atoms with Crippen molar-refractivity contribution in [3.63, 3.8) is 0 Å². The van der Waals surface area contributed by atoms with E-state index in [9.17, 15) is 19.5 Å². The molecule has 1 spiro atoms. The minimum Gasteiger partial charge on any atom is -0.480 e. The fourth-order valence-electron chi connectivity index (χ4n) is 6.12. The third-order valence-electron chi connectivity index (χ3n) is 7.69. The first-order valence-electron chi connectivity index (χ1n) is 12.0. The van der Waals surface area contributed by atoms with Gasteiger partial charge in [0.2, 0.25) is 5.91 Å². The van der Waals surface area contributed by atoms with Crippen molar-refractivity contribution in [2.75, 3.05) is 19.7 Å². The van der Waals surface area contributed by atoms with E-state index in [1.807, 2.05) is 24.3 Å². The number of hydrogen-bond donors (Lipinski definition) is 1. The van der Waals surface area contributed by atoms with Gasteiger partial charge in [0, 0.05) is 19.0 Å². The van der Waals surface area contributed by atoms with E-state index < -0.39 is 23.6 Å². The lowest BCUT2D eigenvalue weighted by molar-refractivity contribution is -0.152. The number of carbonyl (C=O) groups excluding carboxylic acids is 2. The largest absolute Gasteiger partial charge is 0.480 e. The van der Waals surface area contributed by atoms with Crippen LogP contribution in [0.3, 0.4) is 0 Å². The predicted octanol–water partition coefficient (Wildman–Crippen LogP) is 4.11. The quantitative estimate of drug-likeness (QED) is 0.723. The van der Waals surface area contributed by atoms with E-state index in [1.54, 1.807) is 18.7 Å². The average molecular weight is 463 g/mol. The van der Waals surface area contributed by atoms with Gasteiger partial charge < -0.3 is 14.7 Å². The minimum absolute atomic E-state index is 0.0528. The molecule has 1 N–H and O–H groups in total. The molecule has 178 valence electrons. The third kappa shape index (κ3) is 3.37. The van der Waals surface area contributed by atoms with Gasteiger partial charge in [-0.3, -0.25) is 9.69 Å². The second-order valence-electron chi connectivity index (χ2n) is 9.87. The van der Waals surface area contributed by atoms with Gasteiger partial charge in [0.1, 0.15) is 18.2 Å². The Bertz CT molecular complexity index is 1100. The van der Waals surface area contributed by atoms with Crippen LogP contribution in [0.5, 0.6) is 0 Å². The third-order valence-corrected chi connectivity index (χ3v) is 7.69. The summed E-state index contributed by atoms with van der Waals surface area (Å²) in [6, 6.07) is 15.4. The number of rotatable bonds is 5. The molecule has 0 bridgehead atoms. The maximum atomic E-state index is 13.5. The number of ether oxygens (including phenoxy) is 1. The van der Waals surface area contributed by atoms with Crippen LogP contribution in [-0.2, 0) is 14.3 Å². The average Bonchev–Trinajstić information content (AvgIpc) is 3.48. The van der Waals surface area contributed by atoms with Crippen molar-refractivity contribution in [3.8, 4) is 11.1 Å². The lowest BCUT2D eigenvalue weighted by Crippen LogP contribution is -2.56. The first-order valence-corrected chi connectivity index (χ1v) is 12.0. The molecule has 2 aromatic carbocycles. The molecule has 0 unspecified atom stereocenters. The number of fused-ring (bicyclic) bond motifs is 3. The summed E-state index contributed by atoms with van der Waals surface area (Å²) in [5.74, 6) is -1.55. The summed E-state index contributed by atoms with van der Waals surface area (Å²) in [5.41, 5.74) is 3.60. The summed E-state index contributed by atoms with van der Waals surface area (Å²) in [6.07, 6.45) is 1.18. The number of amides is 2. The lowest BCUT2D eigenvalue weighted by Gasteiger charge is -2.34. The molecule has 1 aliphatic carbocycles. The minimum atomic E-state index is -1.01. The molecule has 2 aliphatic heterocycles. The Kier molecular flexibility index (Phi) is 5.58. The summed E-state index contributed by atoms with van der Waals surface area (Å²) in [6.45, 7) is 4.57. The first kappa shape index (κ1) is 22.4. The second-order valence-corrected chi connectivity index (χ2v) is 9.87. The molecular weight excluding hydrogens is 432 g/mol. The number of carboxylic acids is 1. The van der Waals surface area contributed by atoms with Gasteiger partial charge in [0.25, 0.3) is 0 Å². The van der Waals surface area contributed by atoms with Crippen molar-refractivity contribution < 1.29 is 24.2 Å². The van der Waals surface area contributed by atoms with Gasteiger partial charge in [0.05, 0.1) is 0 Å². The molecular formula is C27H30N2O5. The van der Waals surface area contributed by atoms with Crippen molar-refractivity contribution in [1.29, 1.82) is 0 Å². The van der Waals surface area contributed by atoms with E-state index in [-0.39, 0.29) is 24.3 Å². The van der Waals surface area contributed by atoms with Crippen LogP contribution < -0.4 is 0 Å². The van der Waals surface area contributed by atoms with Crippen molar-refractivity contribution >= 4 is 18.0 Å². The highest BCUT2D eigenvalue weighted by molar-refractivity contribution is 5.95. The van der Waals surface area contributed by atoms with Crippen LogP contribution in [0.2, 0.25) is 0 Å². The fraction of sp³-hybridized carbons (Fsp3) is 0.444. The van der Waals surface area contributed by atoms with Crippen LogP contribution in [0.1, 0.15) is 50.2 Å². The van der Waals surface area contributed by atoms with Gasteiger partial charge in [0.15, 0.2) is 0 Å². The molecule has 2 aromatic rings. The highest BCUT2D eigenvalue weighted by Gasteiger charge is 2.57. The SMILES string of the molecule is CC(C)[C@@H](C(=O)O)N1CC[C@@]2(CCCN2C(=O)OCC2c3ccccc3-c3ccccc32)C1=O. The molecule has 7 heteroatoms. The van der Waals surface area contributed by atoms with Gasteiger partial charge in [-0.2, -0.15) is 0 Å². The fourth-order valence-corrected chi connectivity index (χ4v) is 6.12. The monoisotopic (exact) mass is 462 g/mol. The normalized spacial score (nSPS) is 22.4. The van der Waals surface area contributed by atoms with E-state index in [0.717, 1.165) is 22.3 Å². The highest BCUT2D eigenvalue weighted by Crippen LogP contribution is 2.45. The molecule has 0 aromatic heterocycles. The topological polar surface area (TPSA) is 87.2 Å². The number of hydrogen-bond acceptors (Lipinski definition) is 4. The Morgan fingerprint density at radius 1 is 1.03 bits per heavy atom. The molecule has 34 heavy (non-hydrogen) atoms. The Morgan fingerprint density at radius 2 is 1.65 bits per heavy atom. The smallest absolute Gasteiger partial charge is 0.410 e. The van der Waals surface area contributed by atoms with Crippen molar-refractivity contribution in [2.45, 2.75) is 50.6 Å². The zero-order valence-electron chi connectivity index (χ0n) is 19.6. The van der Waals surface area contributed by atoms with Crippen molar-refractivity contribution in [3.05, 3.63) is 59.7 Å². The number of carboxylic acid groups (broad SMARTS) is 1. The van der Waals surface area contributed by atoms with E-state index >= 15 is 0 Å². The van der Waals surface area contributed by atoms with Crippen LogP contribution in [0.25, 0.3) is 11.1 Å². The van der Waals surface area contributed by atoms with Gasteiger partial charge in [-0.1, -0.05) is 62.4 Å². The van der Waals surface area contributed by atoms with E-state index in [2.05, 4.69) is 24.3 Å².